The van der Waals surface area contributed by atoms with Gasteiger partial charge in [-0.1, -0.05) is 6.42 Å². The zero-order valence-electron chi connectivity index (χ0n) is 12.9. The minimum absolute atomic E-state index is 0.400. The van der Waals surface area contributed by atoms with E-state index in [9.17, 15) is 0 Å². The van der Waals surface area contributed by atoms with E-state index in [0.717, 1.165) is 12.6 Å². The van der Waals surface area contributed by atoms with Gasteiger partial charge in [0.1, 0.15) is 0 Å². The molecule has 0 bridgehead atoms. The van der Waals surface area contributed by atoms with Gasteiger partial charge in [-0.3, -0.25) is 4.90 Å². The summed E-state index contributed by atoms with van der Waals surface area (Å²) in [6.45, 7) is 9.16. The van der Waals surface area contributed by atoms with Crippen LogP contribution in [-0.4, -0.2) is 49.2 Å². The molecule has 2 saturated heterocycles. The third-order valence-corrected chi connectivity index (χ3v) is 6.16. The second-order valence-corrected chi connectivity index (χ2v) is 7.10. The Morgan fingerprint density at radius 2 is 2.15 bits per heavy atom. The fourth-order valence-corrected chi connectivity index (χ4v) is 4.55. The molecular formula is C15H26N4S. The number of piperidine rings is 1. The van der Waals surface area contributed by atoms with E-state index in [-0.39, 0.29) is 0 Å². The minimum Gasteiger partial charge on any atom is -0.345 e. The maximum atomic E-state index is 4.83. The van der Waals surface area contributed by atoms with Crippen molar-refractivity contribution in [1.29, 1.82) is 0 Å². The van der Waals surface area contributed by atoms with Crippen LogP contribution in [0.1, 0.15) is 42.8 Å². The highest BCUT2D eigenvalue weighted by Gasteiger charge is 2.30. The maximum absolute atomic E-state index is 4.83. The number of anilines is 1. The lowest BCUT2D eigenvalue weighted by molar-refractivity contribution is 0.133. The van der Waals surface area contributed by atoms with Crippen molar-refractivity contribution in [1.82, 2.24) is 15.2 Å². The van der Waals surface area contributed by atoms with Gasteiger partial charge in [0.25, 0.3) is 0 Å². The molecule has 0 spiro atoms. The summed E-state index contributed by atoms with van der Waals surface area (Å²) in [6, 6.07) is 1.16. The van der Waals surface area contributed by atoms with Crippen LogP contribution in [0.15, 0.2) is 0 Å². The number of thiazole rings is 1. The van der Waals surface area contributed by atoms with Crippen LogP contribution in [0.25, 0.3) is 0 Å². The molecule has 2 aliphatic rings. The Labute approximate surface area is 126 Å². The zero-order valence-corrected chi connectivity index (χ0v) is 13.7. The van der Waals surface area contributed by atoms with Gasteiger partial charge in [-0.05, 0) is 40.3 Å². The lowest BCUT2D eigenvalue weighted by Crippen LogP contribution is -2.54. The molecule has 3 heterocycles. The Hall–Kier alpha value is -0.650. The molecule has 0 saturated carbocycles. The highest BCUT2D eigenvalue weighted by atomic mass is 32.1. The van der Waals surface area contributed by atoms with E-state index in [1.165, 1.54) is 54.6 Å². The molecule has 1 N–H and O–H groups in total. The first kappa shape index (κ1) is 14.3. The summed E-state index contributed by atoms with van der Waals surface area (Å²) in [5.41, 5.74) is 1.19. The first-order chi connectivity index (χ1) is 9.69. The van der Waals surface area contributed by atoms with E-state index in [1.807, 2.05) is 18.4 Å². The van der Waals surface area contributed by atoms with Crippen molar-refractivity contribution in [3.8, 4) is 0 Å². The summed E-state index contributed by atoms with van der Waals surface area (Å²) < 4.78 is 0. The molecule has 2 aliphatic heterocycles. The van der Waals surface area contributed by atoms with Crippen molar-refractivity contribution in [3.05, 3.63) is 10.6 Å². The van der Waals surface area contributed by atoms with Gasteiger partial charge in [0, 0.05) is 36.6 Å². The molecular weight excluding hydrogens is 268 g/mol. The largest absolute Gasteiger partial charge is 0.345 e. The van der Waals surface area contributed by atoms with E-state index in [1.54, 1.807) is 0 Å². The van der Waals surface area contributed by atoms with Gasteiger partial charge in [0.05, 0.1) is 5.69 Å². The van der Waals surface area contributed by atoms with Crippen LogP contribution in [-0.2, 0) is 0 Å². The van der Waals surface area contributed by atoms with Crippen LogP contribution in [0, 0.1) is 6.92 Å². The summed E-state index contributed by atoms with van der Waals surface area (Å²) in [6.07, 6.45) is 4.14. The SMILES string of the molecule is CNC(C)c1sc(N2CCN3CCCCC3C2)nc1C. The molecule has 20 heavy (non-hydrogen) atoms. The molecule has 2 unspecified atom stereocenters. The van der Waals surface area contributed by atoms with E-state index in [0.29, 0.717) is 6.04 Å². The molecule has 0 aromatic carbocycles. The fourth-order valence-electron chi connectivity index (χ4n) is 3.39. The number of piperazine rings is 1. The van der Waals surface area contributed by atoms with Crippen LogP contribution < -0.4 is 10.2 Å². The number of fused-ring (bicyclic) bond motifs is 1. The molecule has 2 atom stereocenters. The second-order valence-electron chi connectivity index (χ2n) is 6.09. The Morgan fingerprint density at radius 3 is 2.95 bits per heavy atom. The minimum atomic E-state index is 0.400. The number of aromatic nitrogens is 1. The van der Waals surface area contributed by atoms with Gasteiger partial charge in [0.2, 0.25) is 0 Å². The smallest absolute Gasteiger partial charge is 0.185 e. The summed E-state index contributed by atoms with van der Waals surface area (Å²) in [5, 5.41) is 4.55. The molecule has 3 rings (SSSR count). The van der Waals surface area contributed by atoms with Gasteiger partial charge in [-0.25, -0.2) is 4.98 Å². The lowest BCUT2D eigenvalue weighted by atomic mass is 10.00. The summed E-state index contributed by atoms with van der Waals surface area (Å²) in [4.78, 5) is 11.4. The first-order valence-electron chi connectivity index (χ1n) is 7.82. The fraction of sp³-hybridized carbons (Fsp3) is 0.800. The van der Waals surface area contributed by atoms with Crippen molar-refractivity contribution in [2.24, 2.45) is 0 Å². The summed E-state index contributed by atoms with van der Waals surface area (Å²) >= 11 is 1.87. The van der Waals surface area contributed by atoms with Crippen LogP contribution in [0.2, 0.25) is 0 Å². The van der Waals surface area contributed by atoms with Crippen molar-refractivity contribution in [2.75, 3.05) is 38.1 Å². The van der Waals surface area contributed by atoms with E-state index in [4.69, 9.17) is 4.98 Å². The number of hydrogen-bond donors (Lipinski definition) is 1. The topological polar surface area (TPSA) is 31.4 Å². The van der Waals surface area contributed by atoms with Crippen molar-refractivity contribution >= 4 is 16.5 Å². The van der Waals surface area contributed by atoms with Gasteiger partial charge in [-0.2, -0.15) is 0 Å². The molecule has 5 heteroatoms. The molecule has 0 amide bonds. The van der Waals surface area contributed by atoms with Gasteiger partial charge < -0.3 is 10.2 Å². The van der Waals surface area contributed by atoms with Gasteiger partial charge in [-0.15, -0.1) is 11.3 Å². The molecule has 0 aliphatic carbocycles. The molecule has 0 radical (unpaired) electrons. The normalized spacial score (nSPS) is 25.6. The third kappa shape index (κ3) is 2.71. The predicted molar refractivity (Wildman–Crippen MR) is 85.8 cm³/mol. The van der Waals surface area contributed by atoms with Crippen molar-refractivity contribution < 1.29 is 0 Å². The average molecular weight is 294 g/mol. The van der Waals surface area contributed by atoms with E-state index < -0.39 is 0 Å². The van der Waals surface area contributed by atoms with Crippen LogP contribution in [0.3, 0.4) is 0 Å². The molecule has 2 fully saturated rings. The number of hydrogen-bond acceptors (Lipinski definition) is 5. The highest BCUT2D eigenvalue weighted by molar-refractivity contribution is 7.15. The van der Waals surface area contributed by atoms with Crippen molar-refractivity contribution in [3.63, 3.8) is 0 Å². The molecule has 112 valence electrons. The van der Waals surface area contributed by atoms with E-state index in [2.05, 4.69) is 29.0 Å². The predicted octanol–water partition coefficient (Wildman–Crippen LogP) is 2.41. The van der Waals surface area contributed by atoms with Crippen LogP contribution in [0.4, 0.5) is 5.13 Å². The monoisotopic (exact) mass is 294 g/mol. The molecule has 1 aromatic heterocycles. The zero-order chi connectivity index (χ0) is 14.1. The summed E-state index contributed by atoms with van der Waals surface area (Å²) in [5.74, 6) is 0. The molecule has 1 aromatic rings. The third-order valence-electron chi connectivity index (χ3n) is 4.76. The number of nitrogens with one attached hydrogen (secondary N) is 1. The maximum Gasteiger partial charge on any atom is 0.185 e. The standard InChI is InChI=1S/C15H26N4S/c1-11(16-3)14-12(2)17-15(20-14)19-9-8-18-7-5-4-6-13(18)10-19/h11,13,16H,4-10H2,1-3H3. The van der Waals surface area contributed by atoms with Gasteiger partial charge >= 0.3 is 0 Å². The Morgan fingerprint density at radius 1 is 1.30 bits per heavy atom. The number of aryl methyl sites for hydroxylation is 1. The van der Waals surface area contributed by atoms with Gasteiger partial charge in [0.15, 0.2) is 5.13 Å². The summed E-state index contributed by atoms with van der Waals surface area (Å²) in [7, 11) is 2.02. The second kappa shape index (κ2) is 6.00. The average Bonchev–Trinajstić information content (AvgIpc) is 2.88. The van der Waals surface area contributed by atoms with Crippen molar-refractivity contribution in [2.45, 2.75) is 45.2 Å². The van der Waals surface area contributed by atoms with E-state index >= 15 is 0 Å². The Bertz CT molecular complexity index is 459. The first-order valence-corrected chi connectivity index (χ1v) is 8.64. The Balaban J connectivity index is 1.73. The van der Waals surface area contributed by atoms with Crippen LogP contribution in [0.5, 0.6) is 0 Å². The van der Waals surface area contributed by atoms with Crippen LogP contribution >= 0.6 is 11.3 Å². The number of rotatable bonds is 3. The Kier molecular flexibility index (Phi) is 4.29. The number of nitrogens with zero attached hydrogens (tertiary/aromatic N) is 3. The molecule has 4 nitrogen and oxygen atoms in total. The quantitative estimate of drug-likeness (QED) is 0.927. The lowest BCUT2D eigenvalue weighted by Gasteiger charge is -2.44. The highest BCUT2D eigenvalue weighted by Crippen LogP contribution is 2.32.